The first-order valence-corrected chi connectivity index (χ1v) is 15.8. The van der Waals surface area contributed by atoms with E-state index in [1.807, 2.05) is 18.2 Å². The molecule has 6 aromatic carbocycles. The van der Waals surface area contributed by atoms with Crippen molar-refractivity contribution in [3.05, 3.63) is 157 Å². The van der Waals surface area contributed by atoms with Gasteiger partial charge in [0.1, 0.15) is 11.2 Å². The molecule has 1 aromatic heterocycles. The summed E-state index contributed by atoms with van der Waals surface area (Å²) in [5.41, 5.74) is 2.09. The van der Waals surface area contributed by atoms with Crippen LogP contribution >= 0.6 is 0 Å². The average Bonchev–Trinajstić information content (AvgIpc) is 3.40. The molecular weight excluding hydrogens is 545 g/mol. The zero-order valence-corrected chi connectivity index (χ0v) is 23.5. The first kappa shape index (κ1) is 26.1. The molecule has 0 N–H and O–H groups in total. The van der Waals surface area contributed by atoms with Gasteiger partial charge in [-0.2, -0.15) is 13.2 Å². The summed E-state index contributed by atoms with van der Waals surface area (Å²) in [4.78, 5) is 0. The van der Waals surface area contributed by atoms with Crippen molar-refractivity contribution in [2.24, 2.45) is 0 Å². The molecule has 0 atom stereocenters. The Morgan fingerprint density at radius 2 is 0.976 bits per heavy atom. The second-order valence-electron chi connectivity index (χ2n) is 10.5. The van der Waals surface area contributed by atoms with E-state index in [1.165, 1.54) is 26.8 Å². The van der Waals surface area contributed by atoms with Crippen LogP contribution in [0.1, 0.15) is 5.56 Å². The molecule has 0 unspecified atom stereocenters. The van der Waals surface area contributed by atoms with Crippen molar-refractivity contribution >= 4 is 50.8 Å². The van der Waals surface area contributed by atoms with Crippen molar-refractivity contribution in [3.8, 4) is 11.1 Å². The van der Waals surface area contributed by atoms with Crippen molar-refractivity contribution in [1.29, 1.82) is 0 Å². The number of halogens is 3. The van der Waals surface area contributed by atoms with Gasteiger partial charge in [0.2, 0.25) is 0 Å². The number of hydrogen-bond donors (Lipinski definition) is 0. The van der Waals surface area contributed by atoms with Crippen LogP contribution in [0, 0.1) is 0 Å². The maximum absolute atomic E-state index is 13.3. The summed E-state index contributed by atoms with van der Waals surface area (Å²) in [6.07, 6.45) is -4.43. The van der Waals surface area contributed by atoms with Gasteiger partial charge in [-0.3, -0.25) is 0 Å². The van der Waals surface area contributed by atoms with E-state index in [-0.39, 0.29) is 5.58 Å². The quantitative estimate of drug-likeness (QED) is 0.153. The molecule has 0 aliphatic carbocycles. The third-order valence-electron chi connectivity index (χ3n) is 8.05. The standard InChI is InChI=1S/C37H25F3OSi/c38-37(39,40)28-20-21-33-34-24-27(19-22-35(34)41-36(33)25-28)26-11-10-18-32(23-26)42(29-12-4-1-5-13-29,30-14-6-2-7-15-30)31-16-8-3-9-17-31/h1-25H. The Kier molecular flexibility index (Phi) is 6.32. The smallest absolute Gasteiger partial charge is 0.416 e. The summed E-state index contributed by atoms with van der Waals surface area (Å²) in [7, 11) is -2.70. The minimum absolute atomic E-state index is 0.231. The number of alkyl halides is 3. The van der Waals surface area contributed by atoms with Crippen LogP contribution in [0.25, 0.3) is 33.1 Å². The highest BCUT2D eigenvalue weighted by atomic mass is 28.3. The molecule has 0 saturated carbocycles. The molecule has 0 aliphatic heterocycles. The van der Waals surface area contributed by atoms with E-state index in [0.29, 0.717) is 11.0 Å². The molecule has 0 radical (unpaired) electrons. The molecule has 0 spiro atoms. The monoisotopic (exact) mass is 570 g/mol. The van der Waals surface area contributed by atoms with Crippen LogP contribution in [-0.2, 0) is 6.18 Å². The molecule has 5 heteroatoms. The summed E-state index contributed by atoms with van der Waals surface area (Å²) in [5.74, 6) is 0. The fraction of sp³-hybridized carbons (Fsp3) is 0.0270. The Morgan fingerprint density at radius 1 is 0.429 bits per heavy atom. The van der Waals surface area contributed by atoms with E-state index in [4.69, 9.17) is 4.42 Å². The second-order valence-corrected chi connectivity index (χ2v) is 14.3. The Morgan fingerprint density at radius 3 is 1.55 bits per heavy atom. The predicted octanol–water partition coefficient (Wildman–Crippen LogP) is 7.65. The zero-order valence-electron chi connectivity index (χ0n) is 22.5. The van der Waals surface area contributed by atoms with Crippen LogP contribution in [0.2, 0.25) is 0 Å². The molecule has 0 amide bonds. The van der Waals surface area contributed by atoms with Gasteiger partial charge in [0.05, 0.1) is 5.56 Å². The molecule has 0 saturated heterocycles. The molecule has 204 valence electrons. The van der Waals surface area contributed by atoms with Gasteiger partial charge < -0.3 is 4.42 Å². The normalized spacial score (nSPS) is 12.2. The number of fused-ring (bicyclic) bond motifs is 3. The average molecular weight is 571 g/mol. The molecule has 0 fully saturated rings. The van der Waals surface area contributed by atoms with Crippen LogP contribution < -0.4 is 20.7 Å². The SMILES string of the molecule is FC(F)(F)c1ccc2c(c1)oc1ccc(-c3cccc([Si](c4ccccc4)(c4ccccc4)c4ccccc4)c3)cc12. The van der Waals surface area contributed by atoms with Gasteiger partial charge in [-0.25, -0.2) is 0 Å². The van der Waals surface area contributed by atoms with Gasteiger partial charge in [-0.1, -0.05) is 121 Å². The Hall–Kier alpha value is -4.87. The summed E-state index contributed by atoms with van der Waals surface area (Å²) in [6, 6.07) is 50.4. The molecule has 1 heterocycles. The fourth-order valence-corrected chi connectivity index (χ4v) is 10.9. The lowest BCUT2D eigenvalue weighted by atomic mass is 10.0. The van der Waals surface area contributed by atoms with E-state index in [1.54, 1.807) is 0 Å². The summed E-state index contributed by atoms with van der Waals surface area (Å²) in [5, 5.41) is 6.57. The molecule has 1 nitrogen and oxygen atoms in total. The summed E-state index contributed by atoms with van der Waals surface area (Å²) >= 11 is 0. The van der Waals surface area contributed by atoms with Crippen LogP contribution in [0.5, 0.6) is 0 Å². The molecule has 7 rings (SSSR count). The van der Waals surface area contributed by atoms with Gasteiger partial charge in [0.15, 0.2) is 8.07 Å². The van der Waals surface area contributed by atoms with Gasteiger partial charge in [-0.05, 0) is 62.2 Å². The van der Waals surface area contributed by atoms with Gasteiger partial charge in [0, 0.05) is 10.8 Å². The van der Waals surface area contributed by atoms with Crippen molar-refractivity contribution in [2.45, 2.75) is 6.18 Å². The van der Waals surface area contributed by atoms with Crippen LogP contribution in [-0.4, -0.2) is 8.07 Å². The lowest BCUT2D eigenvalue weighted by Crippen LogP contribution is -2.74. The molecular formula is C37H25F3OSi. The first-order valence-electron chi connectivity index (χ1n) is 13.8. The van der Waals surface area contributed by atoms with Gasteiger partial charge in [0.25, 0.3) is 0 Å². The third kappa shape index (κ3) is 4.34. The van der Waals surface area contributed by atoms with E-state index < -0.39 is 19.8 Å². The Balaban J connectivity index is 1.44. The topological polar surface area (TPSA) is 13.1 Å². The van der Waals surface area contributed by atoms with E-state index in [9.17, 15) is 13.2 Å². The van der Waals surface area contributed by atoms with Gasteiger partial charge in [-0.15, -0.1) is 0 Å². The Labute approximate surface area is 242 Å². The minimum atomic E-state index is -4.43. The largest absolute Gasteiger partial charge is 0.456 e. The zero-order chi connectivity index (χ0) is 28.7. The van der Waals surface area contributed by atoms with Crippen LogP contribution in [0.3, 0.4) is 0 Å². The highest BCUT2D eigenvalue weighted by Gasteiger charge is 2.41. The minimum Gasteiger partial charge on any atom is -0.456 e. The summed E-state index contributed by atoms with van der Waals surface area (Å²) in [6.45, 7) is 0. The second kappa shape index (κ2) is 10.2. The Bertz CT molecular complexity index is 1920. The lowest BCUT2D eigenvalue weighted by molar-refractivity contribution is -0.137. The van der Waals surface area contributed by atoms with E-state index in [0.717, 1.165) is 28.6 Å². The molecule has 0 aliphatic rings. The highest BCUT2D eigenvalue weighted by Crippen LogP contribution is 2.36. The third-order valence-corrected chi connectivity index (χ3v) is 12.8. The van der Waals surface area contributed by atoms with Crippen molar-refractivity contribution in [1.82, 2.24) is 0 Å². The maximum Gasteiger partial charge on any atom is 0.416 e. The molecule has 7 aromatic rings. The van der Waals surface area contributed by atoms with Crippen LogP contribution in [0.15, 0.2) is 156 Å². The predicted molar refractivity (Wildman–Crippen MR) is 168 cm³/mol. The number of rotatable bonds is 5. The first-order chi connectivity index (χ1) is 20.4. The number of hydrogen-bond acceptors (Lipinski definition) is 1. The lowest BCUT2D eigenvalue weighted by Gasteiger charge is -2.34. The van der Waals surface area contributed by atoms with Crippen molar-refractivity contribution in [2.75, 3.05) is 0 Å². The number of benzene rings is 6. The van der Waals surface area contributed by atoms with E-state index >= 15 is 0 Å². The van der Waals surface area contributed by atoms with Gasteiger partial charge >= 0.3 is 6.18 Å². The van der Waals surface area contributed by atoms with Crippen molar-refractivity contribution < 1.29 is 17.6 Å². The molecule has 42 heavy (non-hydrogen) atoms. The van der Waals surface area contributed by atoms with E-state index in [2.05, 4.69) is 115 Å². The fourth-order valence-electron chi connectivity index (χ4n) is 6.13. The number of furan rings is 1. The molecule has 0 bridgehead atoms. The highest BCUT2D eigenvalue weighted by molar-refractivity contribution is 7.19. The maximum atomic E-state index is 13.3. The van der Waals surface area contributed by atoms with Crippen LogP contribution in [0.4, 0.5) is 13.2 Å². The summed E-state index contributed by atoms with van der Waals surface area (Å²) < 4.78 is 45.8. The van der Waals surface area contributed by atoms with Crippen molar-refractivity contribution in [3.63, 3.8) is 0 Å².